The van der Waals surface area contributed by atoms with Gasteiger partial charge in [-0.05, 0) is 18.9 Å². The van der Waals surface area contributed by atoms with Crippen molar-refractivity contribution < 1.29 is 4.79 Å². The van der Waals surface area contributed by atoms with Crippen LogP contribution in [0.5, 0.6) is 0 Å². The number of hydrogen-bond acceptors (Lipinski definition) is 2. The molecule has 118 valence electrons. The highest BCUT2D eigenvalue weighted by Crippen LogP contribution is 2.19. The van der Waals surface area contributed by atoms with Gasteiger partial charge in [-0.3, -0.25) is 4.79 Å². The molecule has 0 aliphatic rings. The molecule has 0 aliphatic carbocycles. The Kier molecular flexibility index (Phi) is 8.06. The number of amides is 1. The summed E-state index contributed by atoms with van der Waals surface area (Å²) < 4.78 is 0. The van der Waals surface area contributed by atoms with Crippen LogP contribution in [0.4, 0.5) is 0 Å². The third-order valence-corrected chi connectivity index (χ3v) is 3.99. The molecule has 0 saturated heterocycles. The van der Waals surface area contributed by atoms with Gasteiger partial charge in [0.05, 0.1) is 5.54 Å². The summed E-state index contributed by atoms with van der Waals surface area (Å²) in [5.74, 6) is 0.0993. The number of benzene rings is 1. The van der Waals surface area contributed by atoms with E-state index in [0.717, 1.165) is 18.4 Å². The summed E-state index contributed by atoms with van der Waals surface area (Å²) in [6.45, 7) is 4.60. The monoisotopic (exact) mass is 290 g/mol. The number of unbranched alkanes of at least 4 members (excludes halogenated alkanes) is 5. The van der Waals surface area contributed by atoms with Gasteiger partial charge in [0.1, 0.15) is 0 Å². The van der Waals surface area contributed by atoms with E-state index < -0.39 is 5.54 Å². The van der Waals surface area contributed by atoms with Crippen LogP contribution in [-0.4, -0.2) is 12.5 Å². The van der Waals surface area contributed by atoms with Crippen molar-refractivity contribution in [1.82, 2.24) is 5.32 Å². The topological polar surface area (TPSA) is 55.1 Å². The third kappa shape index (κ3) is 6.30. The summed E-state index contributed by atoms with van der Waals surface area (Å²) >= 11 is 0. The zero-order chi connectivity index (χ0) is 15.6. The van der Waals surface area contributed by atoms with E-state index in [2.05, 4.69) is 12.2 Å². The molecular weight excluding hydrogens is 260 g/mol. The van der Waals surface area contributed by atoms with Gasteiger partial charge in [0, 0.05) is 13.0 Å². The van der Waals surface area contributed by atoms with E-state index in [4.69, 9.17) is 5.73 Å². The van der Waals surface area contributed by atoms with Crippen LogP contribution in [0.2, 0.25) is 0 Å². The summed E-state index contributed by atoms with van der Waals surface area (Å²) in [5, 5.41) is 3.10. The molecule has 1 atom stereocenters. The Morgan fingerprint density at radius 3 is 2.33 bits per heavy atom. The normalized spacial score (nSPS) is 13.7. The van der Waals surface area contributed by atoms with Crippen LogP contribution in [0, 0.1) is 0 Å². The van der Waals surface area contributed by atoms with Crippen LogP contribution in [-0.2, 0) is 10.3 Å². The molecule has 1 aromatic carbocycles. The van der Waals surface area contributed by atoms with Crippen molar-refractivity contribution in [2.45, 2.75) is 64.3 Å². The lowest BCUT2D eigenvalue weighted by atomic mass is 9.92. The average molecular weight is 290 g/mol. The molecule has 1 aromatic rings. The molecule has 0 spiro atoms. The van der Waals surface area contributed by atoms with Crippen LogP contribution < -0.4 is 11.1 Å². The highest BCUT2D eigenvalue weighted by molar-refractivity contribution is 5.77. The van der Waals surface area contributed by atoms with Gasteiger partial charge in [0.15, 0.2) is 0 Å². The highest BCUT2D eigenvalue weighted by atomic mass is 16.1. The van der Waals surface area contributed by atoms with Crippen molar-refractivity contribution in [3.8, 4) is 0 Å². The number of nitrogens with one attached hydrogen (secondary N) is 1. The Morgan fingerprint density at radius 2 is 1.71 bits per heavy atom. The van der Waals surface area contributed by atoms with Crippen LogP contribution >= 0.6 is 0 Å². The number of carbonyl (C=O) groups is 1. The molecule has 3 nitrogen and oxygen atoms in total. The molecule has 0 bridgehead atoms. The molecular formula is C18H30N2O. The minimum atomic E-state index is -0.472. The van der Waals surface area contributed by atoms with Crippen molar-refractivity contribution >= 4 is 5.91 Å². The van der Waals surface area contributed by atoms with Gasteiger partial charge >= 0.3 is 0 Å². The van der Waals surface area contributed by atoms with E-state index in [9.17, 15) is 4.79 Å². The average Bonchev–Trinajstić information content (AvgIpc) is 2.51. The molecule has 0 aliphatic heterocycles. The maximum absolute atomic E-state index is 12.1. The number of hydrogen-bond donors (Lipinski definition) is 2. The van der Waals surface area contributed by atoms with E-state index >= 15 is 0 Å². The largest absolute Gasteiger partial charge is 0.346 e. The Hall–Kier alpha value is -1.35. The van der Waals surface area contributed by atoms with E-state index in [1.807, 2.05) is 37.3 Å². The molecule has 0 heterocycles. The highest BCUT2D eigenvalue weighted by Gasteiger charge is 2.26. The van der Waals surface area contributed by atoms with Gasteiger partial charge in [0.2, 0.25) is 5.91 Å². The Balaban J connectivity index is 2.38. The molecule has 1 unspecified atom stereocenters. The van der Waals surface area contributed by atoms with Crippen molar-refractivity contribution in [3.63, 3.8) is 0 Å². The van der Waals surface area contributed by atoms with Crippen LogP contribution in [0.15, 0.2) is 30.3 Å². The molecule has 1 amide bonds. The summed E-state index contributed by atoms with van der Waals surface area (Å²) in [6, 6.07) is 9.95. The van der Waals surface area contributed by atoms with Gasteiger partial charge in [-0.1, -0.05) is 69.4 Å². The lowest BCUT2D eigenvalue weighted by Gasteiger charge is -2.30. The zero-order valence-electron chi connectivity index (χ0n) is 13.5. The second-order valence-electron chi connectivity index (χ2n) is 5.97. The molecule has 0 aromatic heterocycles. The fraction of sp³-hybridized carbons (Fsp3) is 0.611. The zero-order valence-corrected chi connectivity index (χ0v) is 13.5. The molecule has 0 radical (unpaired) electrons. The number of nitrogens with two attached hydrogens (primary N) is 1. The molecule has 0 fully saturated rings. The van der Waals surface area contributed by atoms with Gasteiger partial charge in [0.25, 0.3) is 0 Å². The van der Waals surface area contributed by atoms with E-state index in [1.54, 1.807) is 0 Å². The number of rotatable bonds is 10. The molecule has 3 heteroatoms. The summed E-state index contributed by atoms with van der Waals surface area (Å²) in [7, 11) is 0. The number of carbonyl (C=O) groups excluding carboxylic acids is 1. The van der Waals surface area contributed by atoms with Crippen LogP contribution in [0.1, 0.15) is 64.4 Å². The second-order valence-corrected chi connectivity index (χ2v) is 5.97. The smallest absolute Gasteiger partial charge is 0.220 e. The molecule has 3 N–H and O–H groups in total. The summed E-state index contributed by atoms with van der Waals surface area (Å²) in [5.41, 5.74) is 6.47. The summed E-state index contributed by atoms with van der Waals surface area (Å²) in [4.78, 5) is 12.1. The van der Waals surface area contributed by atoms with Gasteiger partial charge in [-0.25, -0.2) is 0 Å². The van der Waals surface area contributed by atoms with Crippen LogP contribution in [0.3, 0.4) is 0 Å². The Bertz CT molecular complexity index is 405. The predicted octanol–water partition coefficient (Wildman–Crippen LogP) is 3.73. The van der Waals surface area contributed by atoms with E-state index in [-0.39, 0.29) is 5.91 Å². The maximum atomic E-state index is 12.1. The van der Waals surface area contributed by atoms with E-state index in [1.165, 1.54) is 25.7 Å². The van der Waals surface area contributed by atoms with Crippen molar-refractivity contribution in [3.05, 3.63) is 35.9 Å². The lowest BCUT2D eigenvalue weighted by Crippen LogP contribution is -2.48. The van der Waals surface area contributed by atoms with Crippen LogP contribution in [0.25, 0.3) is 0 Å². The second kappa shape index (κ2) is 9.56. The molecule has 0 saturated carbocycles. The fourth-order valence-electron chi connectivity index (χ4n) is 2.48. The molecule has 1 rings (SSSR count). The maximum Gasteiger partial charge on any atom is 0.220 e. The quantitative estimate of drug-likeness (QED) is 0.645. The molecule has 21 heavy (non-hydrogen) atoms. The lowest BCUT2D eigenvalue weighted by molar-refractivity contribution is -0.123. The van der Waals surface area contributed by atoms with Gasteiger partial charge in [-0.15, -0.1) is 0 Å². The SMILES string of the molecule is CCCCCCCCC(=O)NC(C)(CN)c1ccccc1. The fourth-order valence-corrected chi connectivity index (χ4v) is 2.48. The first-order valence-corrected chi connectivity index (χ1v) is 8.19. The Morgan fingerprint density at radius 1 is 1.10 bits per heavy atom. The standard InChI is InChI=1S/C18H30N2O/c1-3-4-5-6-7-11-14-17(21)20-18(2,15-19)16-12-9-8-10-13-16/h8-10,12-13H,3-7,11,14-15,19H2,1-2H3,(H,20,21). The first-order chi connectivity index (χ1) is 10.1. The van der Waals surface area contributed by atoms with Crippen molar-refractivity contribution in [2.75, 3.05) is 6.54 Å². The Labute approximate surface area is 129 Å². The minimum absolute atomic E-state index is 0.0993. The first-order valence-electron chi connectivity index (χ1n) is 8.19. The summed E-state index contributed by atoms with van der Waals surface area (Å²) in [6.07, 6.45) is 7.76. The predicted molar refractivity (Wildman–Crippen MR) is 89.0 cm³/mol. The third-order valence-electron chi connectivity index (χ3n) is 3.99. The van der Waals surface area contributed by atoms with Gasteiger partial charge < -0.3 is 11.1 Å². The van der Waals surface area contributed by atoms with Crippen molar-refractivity contribution in [1.29, 1.82) is 0 Å². The first kappa shape index (κ1) is 17.7. The van der Waals surface area contributed by atoms with Gasteiger partial charge in [-0.2, -0.15) is 0 Å². The van der Waals surface area contributed by atoms with Crippen molar-refractivity contribution in [2.24, 2.45) is 5.73 Å². The minimum Gasteiger partial charge on any atom is -0.346 e. The van der Waals surface area contributed by atoms with E-state index in [0.29, 0.717) is 13.0 Å².